The number of hydrogen-bond donors (Lipinski definition) is 1. The molecule has 1 N–H and O–H groups in total. The van der Waals surface area contributed by atoms with Gasteiger partial charge in [-0.15, -0.1) is 12.4 Å². The molecule has 2 atom stereocenters. The Morgan fingerprint density at radius 2 is 2.00 bits per heavy atom. The molecule has 2 bridgehead atoms. The summed E-state index contributed by atoms with van der Waals surface area (Å²) in [5, 5.41) is 9.89. The summed E-state index contributed by atoms with van der Waals surface area (Å²) in [7, 11) is 0. The van der Waals surface area contributed by atoms with Gasteiger partial charge in [-0.3, -0.25) is 9.69 Å². The Bertz CT molecular complexity index is 826. The number of benzene rings is 2. The van der Waals surface area contributed by atoms with Crippen molar-refractivity contribution >= 4 is 18.2 Å². The van der Waals surface area contributed by atoms with Crippen LogP contribution in [0.25, 0.3) is 0 Å². The van der Waals surface area contributed by atoms with Crippen molar-refractivity contribution in [3.05, 3.63) is 65.5 Å². The standard InChI is InChI=1S/C23H26FNO2.ClH/c24-19-10-8-17(9-11-19)22(27)7-3-13-25-16-23(12-2-5-20(25)15-23)18-4-1-6-21(26)14-18;/h1,4,6,8-11,14,20,26H,2-3,5,7,12-13,15-16H2;1H. The van der Waals surface area contributed by atoms with Crippen LogP contribution in [-0.2, 0) is 5.41 Å². The Hall–Kier alpha value is -1.91. The maximum Gasteiger partial charge on any atom is 0.162 e. The summed E-state index contributed by atoms with van der Waals surface area (Å²) >= 11 is 0. The van der Waals surface area contributed by atoms with Crippen LogP contribution in [0, 0.1) is 5.82 Å². The number of halogens is 2. The predicted octanol–water partition coefficient (Wildman–Crippen LogP) is 5.11. The minimum absolute atomic E-state index is 0. The Morgan fingerprint density at radius 1 is 1.21 bits per heavy atom. The lowest BCUT2D eigenvalue weighted by atomic mass is 9.71. The van der Waals surface area contributed by atoms with E-state index in [4.69, 9.17) is 0 Å². The first-order chi connectivity index (χ1) is 13.1. The van der Waals surface area contributed by atoms with Crippen molar-refractivity contribution in [1.29, 1.82) is 0 Å². The third-order valence-electron chi connectivity index (χ3n) is 6.32. The largest absolute Gasteiger partial charge is 0.508 e. The van der Waals surface area contributed by atoms with E-state index in [1.54, 1.807) is 18.2 Å². The molecule has 1 saturated heterocycles. The average Bonchev–Trinajstić information content (AvgIpc) is 2.93. The molecule has 0 spiro atoms. The molecule has 3 nitrogen and oxygen atoms in total. The highest BCUT2D eigenvalue weighted by molar-refractivity contribution is 5.95. The number of aromatic hydroxyl groups is 1. The fourth-order valence-electron chi connectivity index (χ4n) is 4.98. The SMILES string of the molecule is Cl.O=C(CCCN1CC2(c3cccc(O)c3)CCCC1C2)c1ccc(F)cc1. The minimum Gasteiger partial charge on any atom is -0.508 e. The van der Waals surface area contributed by atoms with Crippen molar-refractivity contribution in [2.45, 2.75) is 50.0 Å². The number of phenolic OH excluding ortho intramolecular Hbond substituents is 1. The molecule has 1 aliphatic heterocycles. The molecule has 1 aliphatic carbocycles. The number of carbonyl (C=O) groups is 1. The van der Waals surface area contributed by atoms with Crippen LogP contribution in [-0.4, -0.2) is 34.9 Å². The third-order valence-corrected chi connectivity index (χ3v) is 6.32. The molecular formula is C23H27ClFNO2. The smallest absolute Gasteiger partial charge is 0.162 e. The summed E-state index contributed by atoms with van der Waals surface area (Å²) in [6.07, 6.45) is 6.05. The molecule has 2 aromatic rings. The van der Waals surface area contributed by atoms with E-state index >= 15 is 0 Å². The first-order valence-corrected chi connectivity index (χ1v) is 9.88. The van der Waals surface area contributed by atoms with Gasteiger partial charge in [-0.1, -0.05) is 18.6 Å². The second-order valence-corrected chi connectivity index (χ2v) is 8.08. The highest BCUT2D eigenvalue weighted by Gasteiger charge is 2.47. The summed E-state index contributed by atoms with van der Waals surface area (Å²) in [6.45, 7) is 1.92. The van der Waals surface area contributed by atoms with Crippen molar-refractivity contribution in [2.24, 2.45) is 0 Å². The first-order valence-electron chi connectivity index (χ1n) is 9.88. The zero-order chi connectivity index (χ0) is 18.9. The lowest BCUT2D eigenvalue weighted by Crippen LogP contribution is -2.31. The van der Waals surface area contributed by atoms with Gasteiger partial charge in [0.2, 0.25) is 0 Å². The average molecular weight is 404 g/mol. The molecule has 1 heterocycles. The van der Waals surface area contributed by atoms with Crippen LogP contribution >= 0.6 is 12.4 Å². The second-order valence-electron chi connectivity index (χ2n) is 8.08. The maximum atomic E-state index is 13.0. The van der Waals surface area contributed by atoms with Crippen LogP contribution in [0.4, 0.5) is 4.39 Å². The van der Waals surface area contributed by atoms with E-state index in [-0.39, 0.29) is 29.4 Å². The number of carbonyl (C=O) groups excluding carboxylic acids is 1. The maximum absolute atomic E-state index is 13.0. The van der Waals surface area contributed by atoms with Gasteiger partial charge in [0.1, 0.15) is 11.6 Å². The first kappa shape index (κ1) is 20.8. The van der Waals surface area contributed by atoms with Gasteiger partial charge in [0.05, 0.1) is 0 Å². The molecule has 0 radical (unpaired) electrons. The van der Waals surface area contributed by atoms with E-state index in [1.807, 2.05) is 12.1 Å². The fraction of sp³-hybridized carbons (Fsp3) is 0.435. The van der Waals surface area contributed by atoms with E-state index in [0.29, 0.717) is 23.8 Å². The fourth-order valence-corrected chi connectivity index (χ4v) is 4.98. The highest BCUT2D eigenvalue weighted by Crippen LogP contribution is 2.47. The number of Topliss-reactive ketones (excluding diaryl/α,β-unsaturated/α-hetero) is 1. The molecule has 1 saturated carbocycles. The molecule has 2 aromatic carbocycles. The molecule has 2 aliphatic rings. The lowest BCUT2D eigenvalue weighted by molar-refractivity contribution is 0.0973. The van der Waals surface area contributed by atoms with Gasteiger partial charge in [0, 0.05) is 30.0 Å². The molecule has 0 aromatic heterocycles. The Morgan fingerprint density at radius 3 is 2.75 bits per heavy atom. The summed E-state index contributed by atoms with van der Waals surface area (Å²) in [4.78, 5) is 14.8. The van der Waals surface area contributed by atoms with Crippen molar-refractivity contribution in [3.8, 4) is 5.75 Å². The van der Waals surface area contributed by atoms with Crippen molar-refractivity contribution < 1.29 is 14.3 Å². The van der Waals surface area contributed by atoms with E-state index in [1.165, 1.54) is 30.5 Å². The molecular weight excluding hydrogens is 377 g/mol. The number of hydrogen-bond acceptors (Lipinski definition) is 3. The Kier molecular flexibility index (Phi) is 6.41. The highest BCUT2D eigenvalue weighted by atomic mass is 35.5. The van der Waals surface area contributed by atoms with E-state index in [0.717, 1.165) is 32.4 Å². The molecule has 5 heteroatoms. The molecule has 2 fully saturated rings. The van der Waals surface area contributed by atoms with Crippen LogP contribution in [0.15, 0.2) is 48.5 Å². The summed E-state index contributed by atoms with van der Waals surface area (Å²) < 4.78 is 13.0. The topological polar surface area (TPSA) is 40.5 Å². The van der Waals surface area contributed by atoms with Gasteiger partial charge in [-0.2, -0.15) is 0 Å². The molecule has 0 amide bonds. The summed E-state index contributed by atoms with van der Waals surface area (Å²) in [5.41, 5.74) is 1.98. The number of likely N-dealkylation sites (tertiary alicyclic amines) is 1. The van der Waals surface area contributed by atoms with E-state index in [2.05, 4.69) is 11.0 Å². The van der Waals surface area contributed by atoms with Gasteiger partial charge in [0.25, 0.3) is 0 Å². The van der Waals surface area contributed by atoms with Gasteiger partial charge in [-0.25, -0.2) is 4.39 Å². The molecule has 28 heavy (non-hydrogen) atoms. The predicted molar refractivity (Wildman–Crippen MR) is 111 cm³/mol. The van der Waals surface area contributed by atoms with Crippen LogP contribution in [0.1, 0.15) is 54.4 Å². The number of ketones is 1. The normalized spacial score (nSPS) is 24.0. The summed E-state index contributed by atoms with van der Waals surface area (Å²) in [6, 6.07) is 14.1. The van der Waals surface area contributed by atoms with Gasteiger partial charge in [0.15, 0.2) is 5.78 Å². The molecule has 4 rings (SSSR count). The second kappa shape index (κ2) is 8.62. The van der Waals surface area contributed by atoms with Crippen LogP contribution in [0.3, 0.4) is 0 Å². The molecule has 150 valence electrons. The lowest BCUT2D eigenvalue weighted by Gasteiger charge is -2.32. The van der Waals surface area contributed by atoms with Gasteiger partial charge >= 0.3 is 0 Å². The third kappa shape index (κ3) is 4.23. The number of nitrogens with zero attached hydrogens (tertiary/aromatic N) is 1. The Balaban J connectivity index is 0.00000225. The summed E-state index contributed by atoms with van der Waals surface area (Å²) in [5.74, 6) is 0.111. The van der Waals surface area contributed by atoms with Crippen molar-refractivity contribution in [1.82, 2.24) is 4.90 Å². The van der Waals surface area contributed by atoms with Crippen molar-refractivity contribution in [3.63, 3.8) is 0 Å². The molecule has 2 unspecified atom stereocenters. The van der Waals surface area contributed by atoms with Crippen LogP contribution < -0.4 is 0 Å². The number of phenols is 1. The van der Waals surface area contributed by atoms with E-state index in [9.17, 15) is 14.3 Å². The van der Waals surface area contributed by atoms with Crippen LogP contribution in [0.2, 0.25) is 0 Å². The minimum atomic E-state index is -0.312. The quantitative estimate of drug-likeness (QED) is 0.681. The van der Waals surface area contributed by atoms with Gasteiger partial charge in [-0.05, 0) is 74.2 Å². The van der Waals surface area contributed by atoms with E-state index < -0.39 is 0 Å². The Labute approximate surface area is 172 Å². The van der Waals surface area contributed by atoms with Gasteiger partial charge < -0.3 is 5.11 Å². The van der Waals surface area contributed by atoms with Crippen LogP contribution in [0.5, 0.6) is 5.75 Å². The zero-order valence-electron chi connectivity index (χ0n) is 15.9. The monoisotopic (exact) mass is 403 g/mol. The van der Waals surface area contributed by atoms with Crippen molar-refractivity contribution in [2.75, 3.05) is 13.1 Å². The zero-order valence-corrected chi connectivity index (χ0v) is 16.8. The number of rotatable bonds is 6. The number of fused-ring (bicyclic) bond motifs is 2.